The van der Waals surface area contributed by atoms with E-state index in [1.54, 1.807) is 6.07 Å². The van der Waals surface area contributed by atoms with Gasteiger partial charge in [-0.1, -0.05) is 51.1 Å². The van der Waals surface area contributed by atoms with Gasteiger partial charge in [0.25, 0.3) is 11.8 Å². The summed E-state index contributed by atoms with van der Waals surface area (Å²) in [6, 6.07) is 17.1. The van der Waals surface area contributed by atoms with Gasteiger partial charge in [0.2, 0.25) is 5.91 Å². The largest absolute Gasteiger partial charge is 0.466 e. The molecule has 46 heavy (non-hydrogen) atoms. The first-order valence-electron chi connectivity index (χ1n) is 14.8. The number of anilines is 3. The first kappa shape index (κ1) is 33.7. The van der Waals surface area contributed by atoms with Crippen LogP contribution < -0.4 is 25.6 Å². The van der Waals surface area contributed by atoms with Crippen molar-refractivity contribution in [3.8, 4) is 11.5 Å². The third kappa shape index (κ3) is 9.42. The van der Waals surface area contributed by atoms with Crippen LogP contribution in [0.4, 0.5) is 17.1 Å². The number of hydrogen-bond donors (Lipinski definition) is 3. The zero-order valence-electron chi connectivity index (χ0n) is 26.9. The number of rotatable bonds is 11. The molecule has 1 atom stereocenters. The maximum absolute atomic E-state index is 13.2. The van der Waals surface area contributed by atoms with Gasteiger partial charge in [0.1, 0.15) is 18.4 Å². The molecule has 0 fully saturated rings. The second kappa shape index (κ2) is 14.7. The average Bonchev–Trinajstić information content (AvgIpc) is 3.11. The lowest BCUT2D eigenvalue weighted by Gasteiger charge is -2.18. The van der Waals surface area contributed by atoms with Gasteiger partial charge in [-0.05, 0) is 53.3 Å². The van der Waals surface area contributed by atoms with E-state index in [2.05, 4.69) is 53.6 Å². The van der Waals surface area contributed by atoms with Crippen molar-refractivity contribution in [1.82, 2.24) is 5.32 Å². The Bertz CT molecular complexity index is 1620. The van der Waals surface area contributed by atoms with Crippen LogP contribution in [0.25, 0.3) is 0 Å². The summed E-state index contributed by atoms with van der Waals surface area (Å²) in [5.41, 5.74) is 3.69. The lowest BCUT2D eigenvalue weighted by atomic mass is 9.88. The number of benzene rings is 3. The van der Waals surface area contributed by atoms with Gasteiger partial charge in [-0.15, -0.1) is 0 Å². The number of nitrogens with one attached hydrogen (secondary N) is 3. The Kier molecular flexibility index (Phi) is 10.8. The summed E-state index contributed by atoms with van der Waals surface area (Å²) in [6.07, 6.45) is 3.24. The maximum Gasteiger partial charge on any atom is 0.330 e. The molecule has 0 unspecified atom stereocenters. The smallest absolute Gasteiger partial charge is 0.330 e. The van der Waals surface area contributed by atoms with Gasteiger partial charge < -0.3 is 35.1 Å². The average molecular weight is 629 g/mol. The highest BCUT2D eigenvalue weighted by Gasteiger charge is 2.28. The van der Waals surface area contributed by atoms with Gasteiger partial charge >= 0.3 is 5.97 Å². The minimum atomic E-state index is -1.14. The summed E-state index contributed by atoms with van der Waals surface area (Å²) in [7, 11) is 4.99. The molecule has 3 amide bonds. The molecule has 11 heteroatoms. The lowest BCUT2D eigenvalue weighted by molar-refractivity contribution is -0.134. The Labute approximate surface area is 268 Å². The number of ether oxygens (including phenoxy) is 3. The van der Waals surface area contributed by atoms with Crippen LogP contribution in [0.3, 0.4) is 0 Å². The fourth-order valence-electron chi connectivity index (χ4n) is 4.69. The van der Waals surface area contributed by atoms with E-state index >= 15 is 0 Å². The molecule has 3 aromatic carbocycles. The first-order valence-corrected chi connectivity index (χ1v) is 14.8. The van der Waals surface area contributed by atoms with E-state index in [1.165, 1.54) is 30.9 Å². The predicted octanol–water partition coefficient (Wildman–Crippen LogP) is 5.07. The number of methoxy groups -OCH3 is 1. The van der Waals surface area contributed by atoms with Gasteiger partial charge in [0, 0.05) is 31.9 Å². The van der Waals surface area contributed by atoms with Crippen molar-refractivity contribution >= 4 is 40.8 Å². The van der Waals surface area contributed by atoms with E-state index in [4.69, 9.17) is 9.47 Å². The number of hydrogen-bond acceptors (Lipinski definition) is 8. The van der Waals surface area contributed by atoms with E-state index in [0.29, 0.717) is 5.75 Å². The van der Waals surface area contributed by atoms with Gasteiger partial charge in [-0.25, -0.2) is 4.79 Å². The second-order valence-electron chi connectivity index (χ2n) is 12.3. The third-order valence-corrected chi connectivity index (χ3v) is 6.91. The molecule has 1 aliphatic rings. The Balaban J connectivity index is 1.54. The molecular formula is C35H40N4O7. The lowest BCUT2D eigenvalue weighted by Crippen LogP contribution is -2.39. The minimum absolute atomic E-state index is 0.102. The summed E-state index contributed by atoms with van der Waals surface area (Å²) in [4.78, 5) is 52.6. The molecule has 11 nitrogen and oxygen atoms in total. The Morgan fingerprint density at radius 3 is 2.39 bits per heavy atom. The van der Waals surface area contributed by atoms with Crippen LogP contribution in [0.15, 0.2) is 72.8 Å². The van der Waals surface area contributed by atoms with Gasteiger partial charge in [-0.2, -0.15) is 0 Å². The van der Waals surface area contributed by atoms with Crippen LogP contribution in [0.5, 0.6) is 11.5 Å². The Morgan fingerprint density at radius 2 is 1.72 bits per heavy atom. The normalized spacial score (nSPS) is 14.5. The number of amides is 3. The zero-order chi connectivity index (χ0) is 33.4. The summed E-state index contributed by atoms with van der Waals surface area (Å²) >= 11 is 0. The van der Waals surface area contributed by atoms with E-state index in [-0.39, 0.29) is 41.3 Å². The first-order chi connectivity index (χ1) is 21.8. The third-order valence-electron chi connectivity index (χ3n) is 6.91. The van der Waals surface area contributed by atoms with E-state index in [9.17, 15) is 19.2 Å². The van der Waals surface area contributed by atoms with Crippen molar-refractivity contribution in [3.63, 3.8) is 0 Å². The highest BCUT2D eigenvalue weighted by molar-refractivity contribution is 6.12. The number of carbonyl (C=O) groups excluding carboxylic acids is 4. The standard InChI is InChI=1S/C35H40N4O7/c1-35(2,3)19-22-10-12-23(13-11-22)20-45-21-31(40)36-29-18-28-26(17-30(29)46-25-9-7-8-24(16-25)39(4)5)33(42)37-27(34(43)38-28)14-15-32(41)44-6/h7-18,27H,19-21H2,1-6H3,(H,36,40)(H,37,42)(H,38,43)/b15-14+/t27-/m1/s1. The number of nitrogens with zero attached hydrogens (tertiary/aromatic N) is 1. The molecule has 1 aliphatic heterocycles. The quantitative estimate of drug-likeness (QED) is 0.198. The van der Waals surface area contributed by atoms with E-state index in [1.807, 2.05) is 49.3 Å². The van der Waals surface area contributed by atoms with Crippen LogP contribution in [-0.4, -0.2) is 57.5 Å². The summed E-state index contributed by atoms with van der Waals surface area (Å²) in [6.45, 7) is 6.56. The van der Waals surface area contributed by atoms with Crippen molar-refractivity contribution in [3.05, 3.63) is 89.5 Å². The minimum Gasteiger partial charge on any atom is -0.466 e. The monoisotopic (exact) mass is 628 g/mol. The molecular weight excluding hydrogens is 588 g/mol. The van der Waals surface area contributed by atoms with Crippen molar-refractivity contribution < 1.29 is 33.4 Å². The van der Waals surface area contributed by atoms with Crippen molar-refractivity contribution in [2.75, 3.05) is 43.3 Å². The van der Waals surface area contributed by atoms with Crippen molar-refractivity contribution in [2.24, 2.45) is 5.41 Å². The van der Waals surface area contributed by atoms with Crippen LogP contribution in [-0.2, 0) is 36.9 Å². The molecule has 0 saturated heterocycles. The Hall–Kier alpha value is -5.16. The molecule has 1 heterocycles. The van der Waals surface area contributed by atoms with Crippen LogP contribution in [0.2, 0.25) is 0 Å². The van der Waals surface area contributed by atoms with Crippen LogP contribution in [0, 0.1) is 5.41 Å². The molecule has 0 radical (unpaired) electrons. The highest BCUT2D eigenvalue weighted by atomic mass is 16.5. The molecule has 0 aliphatic carbocycles. The highest BCUT2D eigenvalue weighted by Crippen LogP contribution is 2.37. The molecule has 0 spiro atoms. The van der Waals surface area contributed by atoms with Crippen LogP contribution >= 0.6 is 0 Å². The number of fused-ring (bicyclic) bond motifs is 1. The van der Waals surface area contributed by atoms with E-state index in [0.717, 1.165) is 23.7 Å². The topological polar surface area (TPSA) is 135 Å². The van der Waals surface area contributed by atoms with E-state index < -0.39 is 29.7 Å². The molecule has 0 bridgehead atoms. The molecule has 0 saturated carbocycles. The molecule has 242 valence electrons. The van der Waals surface area contributed by atoms with Crippen LogP contribution in [0.1, 0.15) is 42.3 Å². The summed E-state index contributed by atoms with van der Waals surface area (Å²) in [5.74, 6) is -1.68. The predicted molar refractivity (Wildman–Crippen MR) is 176 cm³/mol. The molecule has 4 rings (SSSR count). The fourth-order valence-corrected chi connectivity index (χ4v) is 4.69. The number of esters is 1. The zero-order valence-corrected chi connectivity index (χ0v) is 26.9. The van der Waals surface area contributed by atoms with Gasteiger partial charge in [0.05, 0.1) is 30.7 Å². The van der Waals surface area contributed by atoms with Gasteiger partial charge in [-0.3, -0.25) is 14.4 Å². The maximum atomic E-state index is 13.2. The number of carbonyl (C=O) groups is 4. The van der Waals surface area contributed by atoms with Crippen molar-refractivity contribution in [1.29, 1.82) is 0 Å². The second-order valence-corrected chi connectivity index (χ2v) is 12.3. The SMILES string of the molecule is COC(=O)/C=C/[C@H]1NC(=O)c2cc(Oc3cccc(N(C)C)c3)c(NC(=O)COCc3ccc(CC(C)(C)C)cc3)cc2NC1=O. The molecule has 0 aromatic heterocycles. The summed E-state index contributed by atoms with van der Waals surface area (Å²) < 4.78 is 16.4. The fraction of sp³-hybridized carbons (Fsp3) is 0.314. The Morgan fingerprint density at radius 1 is 1.00 bits per heavy atom. The summed E-state index contributed by atoms with van der Waals surface area (Å²) in [5, 5.41) is 8.06. The van der Waals surface area contributed by atoms with Crippen molar-refractivity contribution in [2.45, 2.75) is 39.8 Å². The van der Waals surface area contributed by atoms with Gasteiger partial charge in [0.15, 0.2) is 5.75 Å². The molecule has 3 aromatic rings. The molecule has 3 N–H and O–H groups in total.